The van der Waals surface area contributed by atoms with Crippen LogP contribution in [0.2, 0.25) is 0 Å². The number of aromatic nitrogens is 1. The summed E-state index contributed by atoms with van der Waals surface area (Å²) in [6, 6.07) is 5.29. The van der Waals surface area contributed by atoms with E-state index in [1.807, 2.05) is 11.9 Å². The molecule has 1 amide bonds. The first-order valence-electron chi connectivity index (χ1n) is 8.30. The van der Waals surface area contributed by atoms with Crippen LogP contribution in [0.1, 0.15) is 47.5 Å². The first-order chi connectivity index (χ1) is 11.6. The second-order valence-corrected chi connectivity index (χ2v) is 7.14. The Balaban J connectivity index is 1.72. The van der Waals surface area contributed by atoms with Crippen LogP contribution in [0.15, 0.2) is 23.7 Å². The maximum atomic E-state index is 14.5. The highest BCUT2D eigenvalue weighted by Crippen LogP contribution is 2.29. The van der Waals surface area contributed by atoms with Crippen molar-refractivity contribution in [1.82, 2.24) is 4.98 Å². The van der Waals surface area contributed by atoms with E-state index in [4.69, 9.17) is 0 Å². The lowest BCUT2D eigenvalue weighted by atomic mass is 9.94. The molecule has 1 aromatic carbocycles. The zero-order valence-electron chi connectivity index (χ0n) is 14.0. The lowest BCUT2D eigenvalue weighted by Crippen LogP contribution is -2.33. The van der Waals surface area contributed by atoms with Crippen LogP contribution >= 0.6 is 11.3 Å². The van der Waals surface area contributed by atoms with Gasteiger partial charge in [0.25, 0.3) is 5.91 Å². The first-order valence-corrected chi connectivity index (χ1v) is 9.18. The molecule has 1 fully saturated rings. The van der Waals surface area contributed by atoms with Gasteiger partial charge in [-0.15, -0.1) is 11.3 Å². The molecular weight excluding hydrogens is 325 g/mol. The fourth-order valence-corrected chi connectivity index (χ4v) is 3.94. The van der Waals surface area contributed by atoms with Gasteiger partial charge in [-0.3, -0.25) is 4.79 Å². The molecule has 1 N–H and O–H groups in total. The highest BCUT2D eigenvalue weighted by Gasteiger charge is 2.21. The minimum absolute atomic E-state index is 0.247. The minimum atomic E-state index is -0.304. The Morgan fingerprint density at radius 1 is 1.33 bits per heavy atom. The second-order valence-electron chi connectivity index (χ2n) is 6.29. The van der Waals surface area contributed by atoms with E-state index in [0.29, 0.717) is 28.0 Å². The standard InChI is InChI=1S/C18H22FN3OS/c1-12-17(24-11-20-12)18(23)21-13-8-9-16(15(19)10-13)22(2)14-6-4-3-5-7-14/h8-11,14H,3-7H2,1-2H3,(H,21,23). The number of carbonyl (C=O) groups excluding carboxylic acids is 1. The maximum absolute atomic E-state index is 14.5. The van der Waals surface area contributed by atoms with Crippen molar-refractivity contribution >= 4 is 28.6 Å². The third-order valence-electron chi connectivity index (χ3n) is 4.66. The fourth-order valence-electron chi connectivity index (χ4n) is 3.24. The molecule has 0 radical (unpaired) electrons. The smallest absolute Gasteiger partial charge is 0.267 e. The molecular formula is C18H22FN3OS. The number of thiazole rings is 1. The van der Waals surface area contributed by atoms with Crippen LogP contribution in [0.25, 0.3) is 0 Å². The van der Waals surface area contributed by atoms with Crippen LogP contribution in [0.4, 0.5) is 15.8 Å². The van der Waals surface area contributed by atoms with Gasteiger partial charge in [0.05, 0.1) is 16.9 Å². The monoisotopic (exact) mass is 347 g/mol. The van der Waals surface area contributed by atoms with Crippen molar-refractivity contribution in [2.45, 2.75) is 45.1 Å². The maximum Gasteiger partial charge on any atom is 0.267 e. The summed E-state index contributed by atoms with van der Waals surface area (Å²) in [4.78, 5) is 18.9. The summed E-state index contributed by atoms with van der Waals surface area (Å²) >= 11 is 1.28. The van der Waals surface area contributed by atoms with E-state index in [0.717, 1.165) is 12.8 Å². The van der Waals surface area contributed by atoms with Crippen molar-refractivity contribution < 1.29 is 9.18 Å². The number of aryl methyl sites for hydroxylation is 1. The third-order valence-corrected chi connectivity index (χ3v) is 5.59. The van der Waals surface area contributed by atoms with Crippen molar-refractivity contribution in [2.24, 2.45) is 0 Å². The molecule has 1 aliphatic rings. The Hall–Kier alpha value is -1.95. The van der Waals surface area contributed by atoms with E-state index in [-0.39, 0.29) is 11.7 Å². The number of hydrogen-bond acceptors (Lipinski definition) is 4. The molecule has 2 aromatic rings. The number of hydrogen-bond donors (Lipinski definition) is 1. The molecule has 128 valence electrons. The fraction of sp³-hybridized carbons (Fsp3) is 0.444. The summed E-state index contributed by atoms with van der Waals surface area (Å²) in [5.41, 5.74) is 3.37. The average Bonchev–Trinajstić information content (AvgIpc) is 3.01. The molecule has 0 bridgehead atoms. The molecule has 1 aliphatic carbocycles. The molecule has 3 rings (SSSR count). The van der Waals surface area contributed by atoms with Gasteiger partial charge >= 0.3 is 0 Å². The topological polar surface area (TPSA) is 45.2 Å². The first kappa shape index (κ1) is 16.9. The highest BCUT2D eigenvalue weighted by molar-refractivity contribution is 7.12. The quantitative estimate of drug-likeness (QED) is 0.878. The van der Waals surface area contributed by atoms with Crippen LogP contribution in [-0.2, 0) is 0 Å². The summed E-state index contributed by atoms with van der Waals surface area (Å²) in [6.07, 6.45) is 5.91. The van der Waals surface area contributed by atoms with E-state index in [1.165, 1.54) is 36.7 Å². The van der Waals surface area contributed by atoms with Gasteiger partial charge in [-0.2, -0.15) is 0 Å². The van der Waals surface area contributed by atoms with Gasteiger partial charge in [-0.1, -0.05) is 19.3 Å². The zero-order chi connectivity index (χ0) is 17.1. The Labute approximate surface area is 145 Å². The van der Waals surface area contributed by atoms with Crippen LogP contribution in [0, 0.1) is 12.7 Å². The number of anilines is 2. The molecule has 0 atom stereocenters. The number of benzene rings is 1. The second kappa shape index (κ2) is 7.30. The summed E-state index contributed by atoms with van der Waals surface area (Å²) in [6.45, 7) is 1.79. The number of halogens is 1. The van der Waals surface area contributed by atoms with E-state index in [2.05, 4.69) is 10.3 Å². The summed E-state index contributed by atoms with van der Waals surface area (Å²) in [5, 5.41) is 2.74. The van der Waals surface area contributed by atoms with Crippen molar-refractivity contribution in [3.8, 4) is 0 Å². The largest absolute Gasteiger partial charge is 0.369 e. The van der Waals surface area contributed by atoms with Gasteiger partial charge in [0.1, 0.15) is 10.7 Å². The molecule has 4 nitrogen and oxygen atoms in total. The normalized spacial score (nSPS) is 15.3. The van der Waals surface area contributed by atoms with Crippen LogP contribution in [-0.4, -0.2) is 24.0 Å². The molecule has 6 heteroatoms. The molecule has 24 heavy (non-hydrogen) atoms. The molecule has 0 saturated heterocycles. The Morgan fingerprint density at radius 2 is 2.08 bits per heavy atom. The Kier molecular flexibility index (Phi) is 5.14. The van der Waals surface area contributed by atoms with Crippen molar-refractivity contribution in [3.63, 3.8) is 0 Å². The lowest BCUT2D eigenvalue weighted by Gasteiger charge is -2.33. The summed E-state index contributed by atoms with van der Waals surface area (Å²) in [7, 11) is 1.95. The van der Waals surface area contributed by atoms with Gasteiger partial charge in [0, 0.05) is 18.8 Å². The van der Waals surface area contributed by atoms with Gasteiger partial charge in [-0.05, 0) is 38.0 Å². The van der Waals surface area contributed by atoms with E-state index in [1.54, 1.807) is 24.6 Å². The highest BCUT2D eigenvalue weighted by atomic mass is 32.1. The molecule has 0 aliphatic heterocycles. The molecule has 0 spiro atoms. The predicted molar refractivity (Wildman–Crippen MR) is 96.5 cm³/mol. The molecule has 1 saturated carbocycles. The molecule has 0 unspecified atom stereocenters. The van der Waals surface area contributed by atoms with Crippen LogP contribution < -0.4 is 10.2 Å². The van der Waals surface area contributed by atoms with Gasteiger partial charge in [0.15, 0.2) is 0 Å². The molecule has 1 aromatic heterocycles. The minimum Gasteiger partial charge on any atom is -0.369 e. The van der Waals surface area contributed by atoms with E-state index in [9.17, 15) is 9.18 Å². The Morgan fingerprint density at radius 3 is 2.71 bits per heavy atom. The number of rotatable bonds is 4. The van der Waals surface area contributed by atoms with Gasteiger partial charge in [0.2, 0.25) is 0 Å². The van der Waals surface area contributed by atoms with Crippen molar-refractivity contribution in [2.75, 3.05) is 17.3 Å². The average molecular weight is 347 g/mol. The van der Waals surface area contributed by atoms with E-state index >= 15 is 0 Å². The zero-order valence-corrected chi connectivity index (χ0v) is 14.8. The SMILES string of the molecule is Cc1ncsc1C(=O)Nc1ccc(N(C)C2CCCCC2)c(F)c1. The third kappa shape index (κ3) is 3.59. The van der Waals surface area contributed by atoms with Crippen molar-refractivity contribution in [1.29, 1.82) is 0 Å². The lowest BCUT2D eigenvalue weighted by molar-refractivity contribution is 0.103. The number of amides is 1. The van der Waals surface area contributed by atoms with Crippen molar-refractivity contribution in [3.05, 3.63) is 40.1 Å². The number of carbonyl (C=O) groups is 1. The van der Waals surface area contributed by atoms with Crippen LogP contribution in [0.3, 0.4) is 0 Å². The summed E-state index contributed by atoms with van der Waals surface area (Å²) < 4.78 is 14.5. The number of nitrogens with one attached hydrogen (secondary N) is 1. The van der Waals surface area contributed by atoms with Gasteiger partial charge < -0.3 is 10.2 Å². The predicted octanol–water partition coefficient (Wildman–Crippen LogP) is 4.61. The Bertz CT molecular complexity index is 725. The van der Waals surface area contributed by atoms with E-state index < -0.39 is 0 Å². The van der Waals surface area contributed by atoms with Crippen LogP contribution in [0.5, 0.6) is 0 Å². The number of nitrogens with zero attached hydrogens (tertiary/aromatic N) is 2. The molecule has 1 heterocycles. The van der Waals surface area contributed by atoms with Gasteiger partial charge in [-0.25, -0.2) is 9.37 Å². The summed E-state index contributed by atoms with van der Waals surface area (Å²) in [5.74, 6) is -0.551.